The van der Waals surface area contributed by atoms with Crippen LogP contribution in [0.3, 0.4) is 0 Å². The van der Waals surface area contributed by atoms with E-state index in [1.54, 1.807) is 0 Å². The molecule has 0 aromatic heterocycles. The van der Waals surface area contributed by atoms with Gasteiger partial charge in [0, 0.05) is 14.5 Å². The van der Waals surface area contributed by atoms with Crippen LogP contribution in [-0.4, -0.2) is 11.4 Å². The molecule has 0 saturated heterocycles. The normalized spacial score (nSPS) is 22.3. The van der Waals surface area contributed by atoms with Crippen LogP contribution in [0.4, 0.5) is 0 Å². The summed E-state index contributed by atoms with van der Waals surface area (Å²) in [6, 6.07) is 26.2. The molecule has 2 unspecified atom stereocenters. The number of aliphatic imine (C=N–C) groups is 1. The number of benzene rings is 3. The third-order valence-corrected chi connectivity index (χ3v) is 5.52. The second-order valence-corrected chi connectivity index (χ2v) is 8.16. The molecule has 3 aromatic rings. The Kier molecular flexibility index (Phi) is 5.02. The van der Waals surface area contributed by atoms with Gasteiger partial charge in [-0.25, -0.2) is 4.99 Å². The maximum atomic E-state index is 6.39. The molecule has 5 heteroatoms. The minimum absolute atomic E-state index is 0.761. The van der Waals surface area contributed by atoms with Crippen LogP contribution in [0.25, 0.3) is 0 Å². The molecular formula is C21H14Br2ClNO. The Hall–Kier alpha value is -1.46. The fraction of sp³-hybridized carbons (Fsp3) is 0.0952. The van der Waals surface area contributed by atoms with E-state index in [1.165, 1.54) is 0 Å². The Labute approximate surface area is 174 Å². The molecule has 2 nitrogen and oxygen atoms in total. The molecule has 3 aromatic carbocycles. The second-order valence-electron chi connectivity index (χ2n) is 5.96. The summed E-state index contributed by atoms with van der Waals surface area (Å²) < 4.78 is 8.26. The molecule has 0 saturated carbocycles. The van der Waals surface area contributed by atoms with E-state index in [9.17, 15) is 0 Å². The molecule has 2 atom stereocenters. The van der Waals surface area contributed by atoms with E-state index in [-0.39, 0.29) is 0 Å². The number of nitrogens with zero attached hydrogens (tertiary/aromatic N) is 1. The van der Waals surface area contributed by atoms with Gasteiger partial charge < -0.3 is 4.74 Å². The number of halogens is 3. The maximum absolute atomic E-state index is 6.39. The minimum atomic E-state index is -0.877. The van der Waals surface area contributed by atoms with Crippen molar-refractivity contribution < 1.29 is 4.74 Å². The van der Waals surface area contributed by atoms with E-state index < -0.39 is 11.3 Å². The maximum Gasteiger partial charge on any atom is 0.227 e. The van der Waals surface area contributed by atoms with Gasteiger partial charge in [-0.05, 0) is 35.4 Å². The molecule has 130 valence electrons. The highest BCUT2D eigenvalue weighted by molar-refractivity contribution is 9.10. The van der Waals surface area contributed by atoms with Crippen molar-refractivity contribution in [3.05, 3.63) is 104 Å². The molecule has 26 heavy (non-hydrogen) atoms. The number of hydrogen-bond acceptors (Lipinski definition) is 2. The van der Waals surface area contributed by atoms with E-state index in [0.717, 1.165) is 31.3 Å². The van der Waals surface area contributed by atoms with Crippen molar-refractivity contribution in [2.24, 2.45) is 4.99 Å². The molecule has 0 amide bonds. The molecule has 1 aliphatic heterocycles. The van der Waals surface area contributed by atoms with Crippen LogP contribution in [0.15, 0.2) is 92.8 Å². The fourth-order valence-electron chi connectivity index (χ4n) is 3.29. The first-order chi connectivity index (χ1) is 12.6. The SMILES string of the molecule is ClC1N=C(c2cccc(Br)c2)C(c2ccccc2)(c2cccc(Br)c2)O1. The summed E-state index contributed by atoms with van der Waals surface area (Å²) in [6.07, 6.45) is 0. The topological polar surface area (TPSA) is 21.6 Å². The van der Waals surface area contributed by atoms with Crippen molar-refractivity contribution in [2.45, 2.75) is 11.3 Å². The summed E-state index contributed by atoms with van der Waals surface area (Å²) in [5.41, 5.74) is 2.08. The Morgan fingerprint density at radius 2 is 1.46 bits per heavy atom. The first-order valence-corrected chi connectivity index (χ1v) is 10.1. The monoisotopic (exact) mass is 489 g/mol. The molecule has 4 rings (SSSR count). The highest BCUT2D eigenvalue weighted by Crippen LogP contribution is 2.44. The average molecular weight is 492 g/mol. The first kappa shape index (κ1) is 17.9. The second kappa shape index (κ2) is 7.28. The summed E-state index contributed by atoms with van der Waals surface area (Å²) >= 11 is 13.5. The molecular weight excluding hydrogens is 477 g/mol. The molecule has 0 N–H and O–H groups in total. The largest absolute Gasteiger partial charge is 0.320 e. The van der Waals surface area contributed by atoms with Gasteiger partial charge >= 0.3 is 0 Å². The Bertz CT molecular complexity index is 977. The van der Waals surface area contributed by atoms with E-state index in [0.29, 0.717) is 0 Å². The predicted octanol–water partition coefficient (Wildman–Crippen LogP) is 6.50. The molecule has 0 spiro atoms. The van der Waals surface area contributed by atoms with Crippen molar-refractivity contribution in [3.63, 3.8) is 0 Å². The summed E-state index contributed by atoms with van der Waals surface area (Å²) in [6.45, 7) is 0. The zero-order chi connectivity index (χ0) is 18.1. The van der Waals surface area contributed by atoms with Gasteiger partial charge in [-0.15, -0.1) is 0 Å². The van der Waals surface area contributed by atoms with Crippen LogP contribution in [0.2, 0.25) is 0 Å². The van der Waals surface area contributed by atoms with Gasteiger partial charge in [0.15, 0.2) is 5.60 Å². The van der Waals surface area contributed by atoms with Crippen LogP contribution in [0, 0.1) is 0 Å². The van der Waals surface area contributed by atoms with Gasteiger partial charge in [0.1, 0.15) is 0 Å². The minimum Gasteiger partial charge on any atom is -0.320 e. The zero-order valence-electron chi connectivity index (χ0n) is 13.6. The summed E-state index contributed by atoms with van der Waals surface area (Å²) in [4.78, 5) is 4.66. The van der Waals surface area contributed by atoms with Crippen molar-refractivity contribution in [3.8, 4) is 0 Å². The van der Waals surface area contributed by atoms with Crippen molar-refractivity contribution >= 4 is 49.2 Å². The molecule has 0 fully saturated rings. The molecule has 0 aliphatic carbocycles. The standard InChI is InChI=1S/C21H14Br2ClNO/c22-17-10-4-6-14(12-17)19-21(26-20(24)25-19,15-7-2-1-3-8-15)16-9-5-11-18(23)13-16/h1-13,20H. The van der Waals surface area contributed by atoms with Crippen LogP contribution < -0.4 is 0 Å². The Balaban J connectivity index is 2.00. The van der Waals surface area contributed by atoms with Crippen LogP contribution in [0.1, 0.15) is 16.7 Å². The highest BCUT2D eigenvalue weighted by Gasteiger charge is 2.47. The number of rotatable bonds is 3. The van der Waals surface area contributed by atoms with E-state index in [1.807, 2.05) is 72.8 Å². The average Bonchev–Trinajstić information content (AvgIpc) is 3.01. The van der Waals surface area contributed by atoms with Crippen molar-refractivity contribution in [1.29, 1.82) is 0 Å². The van der Waals surface area contributed by atoms with E-state index >= 15 is 0 Å². The lowest BCUT2D eigenvalue weighted by atomic mass is 9.79. The third-order valence-electron chi connectivity index (χ3n) is 4.35. The van der Waals surface area contributed by atoms with Crippen LogP contribution in [-0.2, 0) is 10.3 Å². The van der Waals surface area contributed by atoms with E-state index in [2.05, 4.69) is 42.9 Å². The van der Waals surface area contributed by atoms with Crippen molar-refractivity contribution in [1.82, 2.24) is 0 Å². The van der Waals surface area contributed by atoms with Gasteiger partial charge in [0.05, 0.1) is 5.71 Å². The summed E-state index contributed by atoms with van der Waals surface area (Å²) in [7, 11) is 0. The highest BCUT2D eigenvalue weighted by atomic mass is 79.9. The van der Waals surface area contributed by atoms with Gasteiger partial charge in [-0.3, -0.25) is 0 Å². The molecule has 1 heterocycles. The lowest BCUT2D eigenvalue weighted by molar-refractivity contribution is 0.0387. The molecule has 0 radical (unpaired) electrons. The summed E-state index contributed by atoms with van der Waals surface area (Å²) in [5.74, 6) is 0. The molecule has 1 aliphatic rings. The van der Waals surface area contributed by atoms with Crippen molar-refractivity contribution in [2.75, 3.05) is 0 Å². The zero-order valence-corrected chi connectivity index (χ0v) is 17.5. The predicted molar refractivity (Wildman–Crippen MR) is 113 cm³/mol. The Morgan fingerprint density at radius 1 is 0.808 bits per heavy atom. The first-order valence-electron chi connectivity index (χ1n) is 8.07. The van der Waals surface area contributed by atoms with Crippen LogP contribution >= 0.6 is 43.5 Å². The van der Waals surface area contributed by atoms with Gasteiger partial charge in [-0.2, -0.15) is 0 Å². The fourth-order valence-corrected chi connectivity index (χ4v) is 4.32. The quantitative estimate of drug-likeness (QED) is 0.303. The van der Waals surface area contributed by atoms with Crippen LogP contribution in [0.5, 0.6) is 0 Å². The van der Waals surface area contributed by atoms with Gasteiger partial charge in [-0.1, -0.05) is 98.1 Å². The molecule has 0 bridgehead atoms. The Morgan fingerprint density at radius 3 is 2.15 bits per heavy atom. The lowest BCUT2D eigenvalue weighted by Gasteiger charge is -2.32. The number of ether oxygens (including phenoxy) is 1. The third kappa shape index (κ3) is 3.16. The van der Waals surface area contributed by atoms with E-state index in [4.69, 9.17) is 16.3 Å². The van der Waals surface area contributed by atoms with Gasteiger partial charge in [0.2, 0.25) is 5.69 Å². The smallest absolute Gasteiger partial charge is 0.227 e. The number of hydrogen-bond donors (Lipinski definition) is 0. The summed E-state index contributed by atoms with van der Waals surface area (Å²) in [5, 5.41) is 0. The lowest BCUT2D eigenvalue weighted by Crippen LogP contribution is -2.37. The number of alkyl halides is 1. The van der Waals surface area contributed by atoms with Gasteiger partial charge in [0.25, 0.3) is 0 Å².